The summed E-state index contributed by atoms with van der Waals surface area (Å²) in [7, 11) is 0. The number of furan rings is 1. The molecule has 3 heterocycles. The monoisotopic (exact) mass is 383 g/mol. The first-order valence-corrected chi connectivity index (χ1v) is 10.1. The summed E-state index contributed by atoms with van der Waals surface area (Å²) < 4.78 is 7.48. The summed E-state index contributed by atoms with van der Waals surface area (Å²) in [4.78, 5) is 29.9. The molecule has 1 aliphatic heterocycles. The molecule has 1 unspecified atom stereocenters. The normalized spacial score (nSPS) is 19.4. The van der Waals surface area contributed by atoms with Gasteiger partial charge in [-0.25, -0.2) is 0 Å². The SMILES string of the molecule is CC(C)(C)CC(=O)N(CC(=O)N1CCn2cccc2C1c1ccoc1)C1CC1. The van der Waals surface area contributed by atoms with Crippen LogP contribution in [0.5, 0.6) is 0 Å². The van der Waals surface area contributed by atoms with E-state index in [9.17, 15) is 9.59 Å². The molecule has 1 fully saturated rings. The van der Waals surface area contributed by atoms with Crippen LogP contribution in [0.15, 0.2) is 41.3 Å². The van der Waals surface area contributed by atoms with Crippen LogP contribution < -0.4 is 0 Å². The first-order valence-electron chi connectivity index (χ1n) is 10.1. The molecule has 0 saturated heterocycles. The zero-order valence-electron chi connectivity index (χ0n) is 16.9. The summed E-state index contributed by atoms with van der Waals surface area (Å²) in [6.07, 6.45) is 7.85. The minimum Gasteiger partial charge on any atom is -0.472 e. The lowest BCUT2D eigenvalue weighted by Gasteiger charge is -2.38. The number of hydrogen-bond acceptors (Lipinski definition) is 3. The van der Waals surface area contributed by atoms with E-state index in [0.29, 0.717) is 13.0 Å². The fourth-order valence-corrected chi connectivity index (χ4v) is 4.03. The molecular formula is C22H29N3O3. The molecule has 0 aromatic carbocycles. The third-order valence-electron chi connectivity index (χ3n) is 5.51. The minimum atomic E-state index is -0.172. The molecule has 6 nitrogen and oxygen atoms in total. The lowest BCUT2D eigenvalue weighted by Crippen LogP contribution is -2.48. The minimum absolute atomic E-state index is 0.00723. The molecule has 2 aliphatic rings. The quantitative estimate of drug-likeness (QED) is 0.795. The van der Waals surface area contributed by atoms with Crippen LogP contribution in [0.25, 0.3) is 0 Å². The van der Waals surface area contributed by atoms with Crippen LogP contribution in [0.1, 0.15) is 57.3 Å². The average molecular weight is 383 g/mol. The standard InChI is InChI=1S/C22H29N3O3/c1-22(2,3)13-19(26)25(17-6-7-17)14-20(27)24-11-10-23-9-4-5-18(23)21(24)16-8-12-28-15-16/h4-5,8-9,12,15,17,21H,6-7,10-11,13-14H2,1-3H3. The predicted molar refractivity (Wildman–Crippen MR) is 106 cm³/mol. The second kappa shape index (κ2) is 7.15. The van der Waals surface area contributed by atoms with Crippen molar-refractivity contribution in [2.75, 3.05) is 13.1 Å². The van der Waals surface area contributed by atoms with Gasteiger partial charge in [0.25, 0.3) is 0 Å². The molecule has 28 heavy (non-hydrogen) atoms. The smallest absolute Gasteiger partial charge is 0.243 e. The molecule has 1 saturated carbocycles. The van der Waals surface area contributed by atoms with Gasteiger partial charge in [-0.3, -0.25) is 9.59 Å². The summed E-state index contributed by atoms with van der Waals surface area (Å²) in [5.41, 5.74) is 1.96. The highest BCUT2D eigenvalue weighted by Crippen LogP contribution is 2.34. The second-order valence-electron chi connectivity index (χ2n) is 9.16. The largest absolute Gasteiger partial charge is 0.472 e. The first-order chi connectivity index (χ1) is 13.3. The Kier molecular flexibility index (Phi) is 4.81. The highest BCUT2D eigenvalue weighted by atomic mass is 16.3. The number of aromatic nitrogens is 1. The van der Waals surface area contributed by atoms with Crippen LogP contribution in [0.4, 0.5) is 0 Å². The van der Waals surface area contributed by atoms with Gasteiger partial charge in [0.05, 0.1) is 12.5 Å². The Hall–Kier alpha value is -2.50. The highest BCUT2D eigenvalue weighted by molar-refractivity contribution is 5.86. The third kappa shape index (κ3) is 3.86. The molecule has 2 amide bonds. The van der Waals surface area contributed by atoms with E-state index >= 15 is 0 Å². The second-order valence-corrected chi connectivity index (χ2v) is 9.16. The molecule has 0 spiro atoms. The summed E-state index contributed by atoms with van der Waals surface area (Å²) in [5.74, 6) is 0.0939. The van der Waals surface area contributed by atoms with Crippen molar-refractivity contribution in [2.24, 2.45) is 5.41 Å². The summed E-state index contributed by atoms with van der Waals surface area (Å²) in [6.45, 7) is 7.74. The van der Waals surface area contributed by atoms with E-state index < -0.39 is 0 Å². The van der Waals surface area contributed by atoms with Gasteiger partial charge >= 0.3 is 0 Å². The summed E-state index contributed by atoms with van der Waals surface area (Å²) in [6, 6.07) is 6.03. The molecule has 1 aliphatic carbocycles. The van der Waals surface area contributed by atoms with Gasteiger partial charge in [-0.05, 0) is 36.5 Å². The van der Waals surface area contributed by atoms with E-state index in [2.05, 4.69) is 31.4 Å². The van der Waals surface area contributed by atoms with Crippen LogP contribution in [0.3, 0.4) is 0 Å². The Morgan fingerprint density at radius 2 is 2.00 bits per heavy atom. The Balaban J connectivity index is 1.55. The van der Waals surface area contributed by atoms with Gasteiger partial charge in [-0.2, -0.15) is 0 Å². The summed E-state index contributed by atoms with van der Waals surface area (Å²) >= 11 is 0. The number of carbonyl (C=O) groups excluding carboxylic acids is 2. The molecule has 0 N–H and O–H groups in total. The maximum Gasteiger partial charge on any atom is 0.243 e. The lowest BCUT2D eigenvalue weighted by molar-refractivity contribution is -0.143. The Morgan fingerprint density at radius 3 is 2.64 bits per heavy atom. The van der Waals surface area contributed by atoms with E-state index in [-0.39, 0.29) is 35.9 Å². The predicted octanol–water partition coefficient (Wildman–Crippen LogP) is 3.44. The van der Waals surface area contributed by atoms with Gasteiger partial charge in [-0.15, -0.1) is 0 Å². The van der Waals surface area contributed by atoms with Crippen LogP contribution >= 0.6 is 0 Å². The Bertz CT molecular complexity index is 843. The molecular weight excluding hydrogens is 354 g/mol. The average Bonchev–Trinajstić information content (AvgIpc) is 3.12. The fraction of sp³-hybridized carbons (Fsp3) is 0.545. The molecule has 4 rings (SSSR count). The number of rotatable bonds is 5. The number of hydrogen-bond donors (Lipinski definition) is 0. The first kappa shape index (κ1) is 18.8. The van der Waals surface area contributed by atoms with Crippen molar-refractivity contribution in [1.82, 2.24) is 14.4 Å². The van der Waals surface area contributed by atoms with Gasteiger partial charge in [0, 0.05) is 43.0 Å². The van der Waals surface area contributed by atoms with Crippen molar-refractivity contribution >= 4 is 11.8 Å². The topological polar surface area (TPSA) is 58.7 Å². The highest BCUT2D eigenvalue weighted by Gasteiger charge is 2.38. The van der Waals surface area contributed by atoms with Gasteiger partial charge in [0.1, 0.15) is 12.6 Å². The maximum absolute atomic E-state index is 13.3. The van der Waals surface area contributed by atoms with E-state index in [1.807, 2.05) is 28.1 Å². The van der Waals surface area contributed by atoms with Crippen molar-refractivity contribution in [2.45, 2.75) is 58.7 Å². The van der Waals surface area contributed by atoms with Gasteiger partial charge in [0.15, 0.2) is 0 Å². The van der Waals surface area contributed by atoms with Crippen LogP contribution in [0, 0.1) is 5.41 Å². The van der Waals surface area contributed by atoms with Crippen molar-refractivity contribution in [3.8, 4) is 0 Å². The van der Waals surface area contributed by atoms with E-state index in [1.54, 1.807) is 12.5 Å². The van der Waals surface area contributed by atoms with Gasteiger partial charge < -0.3 is 18.8 Å². The molecule has 1 atom stereocenters. The molecule has 2 aromatic heterocycles. The molecule has 2 aromatic rings. The fourth-order valence-electron chi connectivity index (χ4n) is 4.03. The Labute approximate surface area is 166 Å². The van der Waals surface area contributed by atoms with Crippen LogP contribution in [-0.2, 0) is 16.1 Å². The van der Waals surface area contributed by atoms with Gasteiger partial charge in [-0.1, -0.05) is 20.8 Å². The molecule has 150 valence electrons. The lowest BCUT2D eigenvalue weighted by atomic mass is 9.91. The van der Waals surface area contributed by atoms with E-state index in [1.165, 1.54) is 0 Å². The molecule has 0 bridgehead atoms. The molecule has 6 heteroatoms. The Morgan fingerprint density at radius 1 is 1.21 bits per heavy atom. The number of carbonyl (C=O) groups is 2. The van der Waals surface area contributed by atoms with Gasteiger partial charge in [0.2, 0.25) is 11.8 Å². The number of fused-ring (bicyclic) bond motifs is 1. The van der Waals surface area contributed by atoms with Crippen LogP contribution in [0.2, 0.25) is 0 Å². The molecule has 0 radical (unpaired) electrons. The van der Waals surface area contributed by atoms with Crippen molar-refractivity contribution < 1.29 is 14.0 Å². The zero-order chi connectivity index (χ0) is 19.9. The van der Waals surface area contributed by atoms with Crippen molar-refractivity contribution in [3.05, 3.63) is 48.2 Å². The number of amides is 2. The van der Waals surface area contributed by atoms with E-state index in [0.717, 1.165) is 30.6 Å². The number of nitrogens with zero attached hydrogens (tertiary/aromatic N) is 3. The van der Waals surface area contributed by atoms with Crippen molar-refractivity contribution in [3.63, 3.8) is 0 Å². The zero-order valence-corrected chi connectivity index (χ0v) is 16.9. The van der Waals surface area contributed by atoms with Crippen LogP contribution in [-0.4, -0.2) is 45.3 Å². The van der Waals surface area contributed by atoms with Crippen molar-refractivity contribution in [1.29, 1.82) is 0 Å². The summed E-state index contributed by atoms with van der Waals surface area (Å²) in [5, 5.41) is 0. The van der Waals surface area contributed by atoms with E-state index in [4.69, 9.17) is 4.42 Å². The maximum atomic E-state index is 13.3. The third-order valence-corrected chi connectivity index (χ3v) is 5.51.